The minimum absolute atomic E-state index is 0.140. The van der Waals surface area contributed by atoms with Crippen molar-refractivity contribution >= 4 is 11.9 Å². The summed E-state index contributed by atoms with van der Waals surface area (Å²) in [6.45, 7) is 4.00. The highest BCUT2D eigenvalue weighted by Crippen LogP contribution is 2.35. The molecule has 0 saturated heterocycles. The summed E-state index contributed by atoms with van der Waals surface area (Å²) in [5, 5.41) is 11.4. The SMILES string of the molecule is CCC(C)CC(=O)NC1(C(=O)O)CC1. The largest absolute Gasteiger partial charge is 0.480 e. The van der Waals surface area contributed by atoms with Gasteiger partial charge in [-0.25, -0.2) is 4.79 Å². The number of rotatable bonds is 5. The Labute approximate surface area is 83.7 Å². The Morgan fingerprint density at radius 3 is 2.43 bits per heavy atom. The predicted octanol–water partition coefficient (Wildman–Crippen LogP) is 1.16. The third-order valence-corrected chi connectivity index (χ3v) is 2.77. The van der Waals surface area contributed by atoms with E-state index in [9.17, 15) is 9.59 Å². The Bertz CT molecular complexity index is 246. The summed E-state index contributed by atoms with van der Waals surface area (Å²) in [5.41, 5.74) is -0.926. The summed E-state index contributed by atoms with van der Waals surface area (Å²) in [7, 11) is 0. The Kier molecular flexibility index (Phi) is 3.13. The van der Waals surface area contributed by atoms with Gasteiger partial charge in [0, 0.05) is 6.42 Å². The second kappa shape index (κ2) is 3.98. The van der Waals surface area contributed by atoms with Crippen LogP contribution >= 0.6 is 0 Å². The smallest absolute Gasteiger partial charge is 0.329 e. The Hall–Kier alpha value is -1.06. The van der Waals surface area contributed by atoms with E-state index in [0.29, 0.717) is 25.2 Å². The third kappa shape index (κ3) is 2.47. The fourth-order valence-corrected chi connectivity index (χ4v) is 1.30. The number of carbonyl (C=O) groups excluding carboxylic acids is 1. The maximum Gasteiger partial charge on any atom is 0.329 e. The van der Waals surface area contributed by atoms with Crippen molar-refractivity contribution in [2.45, 2.75) is 45.1 Å². The van der Waals surface area contributed by atoms with Gasteiger partial charge in [-0.2, -0.15) is 0 Å². The van der Waals surface area contributed by atoms with Crippen molar-refractivity contribution in [3.05, 3.63) is 0 Å². The molecule has 0 aromatic rings. The van der Waals surface area contributed by atoms with E-state index in [1.807, 2.05) is 13.8 Å². The number of hydrogen-bond acceptors (Lipinski definition) is 2. The highest BCUT2D eigenvalue weighted by Gasteiger charge is 2.51. The monoisotopic (exact) mass is 199 g/mol. The molecule has 1 amide bonds. The minimum Gasteiger partial charge on any atom is -0.480 e. The van der Waals surface area contributed by atoms with Crippen molar-refractivity contribution in [3.8, 4) is 0 Å². The van der Waals surface area contributed by atoms with E-state index in [1.54, 1.807) is 0 Å². The Balaban J connectivity index is 2.38. The average molecular weight is 199 g/mol. The molecule has 0 aromatic carbocycles. The van der Waals surface area contributed by atoms with Gasteiger partial charge in [0.25, 0.3) is 0 Å². The van der Waals surface area contributed by atoms with Gasteiger partial charge in [-0.1, -0.05) is 20.3 Å². The lowest BCUT2D eigenvalue weighted by Gasteiger charge is -2.14. The molecule has 1 aliphatic carbocycles. The number of carboxylic acids is 1. The molecule has 4 nitrogen and oxygen atoms in total. The van der Waals surface area contributed by atoms with Crippen molar-refractivity contribution < 1.29 is 14.7 Å². The minimum atomic E-state index is -0.926. The van der Waals surface area contributed by atoms with Gasteiger partial charge in [0.05, 0.1) is 0 Å². The van der Waals surface area contributed by atoms with E-state index >= 15 is 0 Å². The summed E-state index contributed by atoms with van der Waals surface area (Å²) in [5.74, 6) is -0.728. The molecule has 1 fully saturated rings. The first-order valence-electron chi connectivity index (χ1n) is 5.04. The zero-order valence-electron chi connectivity index (χ0n) is 8.67. The van der Waals surface area contributed by atoms with E-state index in [2.05, 4.69) is 5.32 Å². The second-order valence-electron chi connectivity index (χ2n) is 4.15. The molecule has 0 aliphatic heterocycles. The van der Waals surface area contributed by atoms with Gasteiger partial charge in [0.15, 0.2) is 0 Å². The van der Waals surface area contributed by atoms with Gasteiger partial charge >= 0.3 is 5.97 Å². The molecule has 1 rings (SSSR count). The van der Waals surface area contributed by atoms with Gasteiger partial charge < -0.3 is 10.4 Å². The van der Waals surface area contributed by atoms with E-state index < -0.39 is 11.5 Å². The van der Waals surface area contributed by atoms with Crippen LogP contribution in [-0.2, 0) is 9.59 Å². The molecule has 14 heavy (non-hydrogen) atoms. The lowest BCUT2D eigenvalue weighted by Crippen LogP contribution is -2.43. The summed E-state index contributed by atoms with van der Waals surface area (Å²) in [6, 6.07) is 0. The first kappa shape index (κ1) is 11.0. The van der Waals surface area contributed by atoms with Gasteiger partial charge in [0.2, 0.25) is 5.91 Å². The molecule has 2 N–H and O–H groups in total. The molecule has 1 atom stereocenters. The standard InChI is InChI=1S/C10H17NO3/c1-3-7(2)6-8(12)11-10(4-5-10)9(13)14/h7H,3-6H2,1-2H3,(H,11,12)(H,13,14). The number of amides is 1. The summed E-state index contributed by atoms with van der Waals surface area (Å²) < 4.78 is 0. The topological polar surface area (TPSA) is 66.4 Å². The molecule has 0 spiro atoms. The Morgan fingerprint density at radius 1 is 1.50 bits per heavy atom. The summed E-state index contributed by atoms with van der Waals surface area (Å²) in [4.78, 5) is 22.2. The van der Waals surface area contributed by atoms with Crippen LogP contribution in [0.5, 0.6) is 0 Å². The maximum absolute atomic E-state index is 11.4. The predicted molar refractivity (Wildman–Crippen MR) is 51.8 cm³/mol. The van der Waals surface area contributed by atoms with Crippen molar-refractivity contribution in [2.75, 3.05) is 0 Å². The lowest BCUT2D eigenvalue weighted by atomic mass is 10.0. The fraction of sp³-hybridized carbons (Fsp3) is 0.800. The van der Waals surface area contributed by atoms with Crippen molar-refractivity contribution in [1.82, 2.24) is 5.32 Å². The number of nitrogens with one attached hydrogen (secondary N) is 1. The fourth-order valence-electron chi connectivity index (χ4n) is 1.30. The molecule has 4 heteroatoms. The van der Waals surface area contributed by atoms with E-state index in [-0.39, 0.29) is 5.91 Å². The number of hydrogen-bond donors (Lipinski definition) is 2. The van der Waals surface area contributed by atoms with Gasteiger partial charge in [-0.3, -0.25) is 4.79 Å². The van der Waals surface area contributed by atoms with Crippen molar-refractivity contribution in [3.63, 3.8) is 0 Å². The highest BCUT2D eigenvalue weighted by molar-refractivity contribution is 5.89. The van der Waals surface area contributed by atoms with Crippen LogP contribution < -0.4 is 5.32 Å². The van der Waals surface area contributed by atoms with Gasteiger partial charge in [-0.15, -0.1) is 0 Å². The molecule has 1 saturated carbocycles. The molecule has 1 aliphatic rings. The maximum atomic E-state index is 11.4. The van der Waals surface area contributed by atoms with Crippen LogP contribution in [0.3, 0.4) is 0 Å². The van der Waals surface area contributed by atoms with E-state index in [4.69, 9.17) is 5.11 Å². The first-order chi connectivity index (χ1) is 6.50. The zero-order chi connectivity index (χ0) is 10.8. The quantitative estimate of drug-likeness (QED) is 0.698. The molecule has 1 unspecified atom stereocenters. The highest BCUT2D eigenvalue weighted by atomic mass is 16.4. The van der Waals surface area contributed by atoms with Crippen LogP contribution in [0.25, 0.3) is 0 Å². The van der Waals surface area contributed by atoms with Crippen molar-refractivity contribution in [1.29, 1.82) is 0 Å². The summed E-state index contributed by atoms with van der Waals surface area (Å²) >= 11 is 0. The second-order valence-corrected chi connectivity index (χ2v) is 4.15. The van der Waals surface area contributed by atoms with Gasteiger partial charge in [0.1, 0.15) is 5.54 Å². The molecular formula is C10H17NO3. The molecule has 80 valence electrons. The van der Waals surface area contributed by atoms with Crippen LogP contribution in [0.1, 0.15) is 39.5 Å². The number of carboxylic acid groups (broad SMARTS) is 1. The van der Waals surface area contributed by atoms with Crippen LogP contribution in [0, 0.1) is 5.92 Å². The number of carbonyl (C=O) groups is 2. The Morgan fingerprint density at radius 2 is 2.07 bits per heavy atom. The van der Waals surface area contributed by atoms with Gasteiger partial charge in [-0.05, 0) is 18.8 Å². The number of aliphatic carboxylic acids is 1. The first-order valence-corrected chi connectivity index (χ1v) is 5.04. The lowest BCUT2D eigenvalue weighted by molar-refractivity contribution is -0.143. The van der Waals surface area contributed by atoms with E-state index in [1.165, 1.54) is 0 Å². The van der Waals surface area contributed by atoms with Crippen LogP contribution in [0.4, 0.5) is 0 Å². The van der Waals surface area contributed by atoms with E-state index in [0.717, 1.165) is 6.42 Å². The molecule has 0 heterocycles. The zero-order valence-corrected chi connectivity index (χ0v) is 8.67. The molecule has 0 aromatic heterocycles. The summed E-state index contributed by atoms with van der Waals surface area (Å²) in [6.07, 6.45) is 2.49. The molecule has 0 radical (unpaired) electrons. The average Bonchev–Trinajstić information content (AvgIpc) is 2.85. The molecule has 0 bridgehead atoms. The normalized spacial score (nSPS) is 19.9. The molecular weight excluding hydrogens is 182 g/mol. The van der Waals surface area contributed by atoms with Crippen LogP contribution in [-0.4, -0.2) is 22.5 Å². The third-order valence-electron chi connectivity index (χ3n) is 2.77. The van der Waals surface area contributed by atoms with Crippen LogP contribution in [0.15, 0.2) is 0 Å². The van der Waals surface area contributed by atoms with Crippen LogP contribution in [0.2, 0.25) is 0 Å². The van der Waals surface area contributed by atoms with Crippen molar-refractivity contribution in [2.24, 2.45) is 5.92 Å².